The maximum absolute atomic E-state index is 11.7. The summed E-state index contributed by atoms with van der Waals surface area (Å²) in [6.07, 6.45) is -0.0552. The molecule has 1 aromatic rings. The summed E-state index contributed by atoms with van der Waals surface area (Å²) in [5, 5.41) is 0.0621. The van der Waals surface area contributed by atoms with Gasteiger partial charge < -0.3 is 14.5 Å². The van der Waals surface area contributed by atoms with Gasteiger partial charge in [-0.3, -0.25) is 4.79 Å². The van der Waals surface area contributed by atoms with Crippen LogP contribution in [0.2, 0.25) is 5.28 Å². The number of nitrogens with zero attached hydrogens (tertiary/aromatic N) is 5. The third-order valence-corrected chi connectivity index (χ3v) is 2.83. The molecule has 104 valence electrons. The van der Waals surface area contributed by atoms with Crippen LogP contribution in [0.3, 0.4) is 0 Å². The van der Waals surface area contributed by atoms with Gasteiger partial charge in [0.2, 0.25) is 17.1 Å². The zero-order valence-corrected chi connectivity index (χ0v) is 11.9. The van der Waals surface area contributed by atoms with Crippen LogP contribution in [-0.4, -0.2) is 58.5 Å². The highest BCUT2D eigenvalue weighted by molar-refractivity contribution is 6.28. The first-order chi connectivity index (χ1) is 8.95. The molecule has 0 unspecified atom stereocenters. The van der Waals surface area contributed by atoms with Crippen molar-refractivity contribution in [3.05, 3.63) is 5.28 Å². The quantitative estimate of drug-likeness (QED) is 0.809. The normalized spacial score (nSPS) is 16.2. The van der Waals surface area contributed by atoms with E-state index in [0.29, 0.717) is 19.0 Å². The fraction of sp³-hybridized carbons (Fsp3) is 0.636. The minimum atomic E-state index is -0.0552. The number of carbonyl (C=O) groups excluding carboxylic acids is 1. The summed E-state index contributed by atoms with van der Waals surface area (Å²) < 4.78 is 5.41. The summed E-state index contributed by atoms with van der Waals surface area (Å²) in [6, 6.07) is 0.177. The second-order valence-corrected chi connectivity index (χ2v) is 4.93. The van der Waals surface area contributed by atoms with Gasteiger partial charge in [0, 0.05) is 20.1 Å². The Morgan fingerprint density at radius 1 is 1.26 bits per heavy atom. The van der Waals surface area contributed by atoms with Crippen molar-refractivity contribution in [1.29, 1.82) is 0 Å². The first-order valence-electron chi connectivity index (χ1n) is 6.03. The van der Waals surface area contributed by atoms with Gasteiger partial charge in [-0.1, -0.05) is 0 Å². The van der Waals surface area contributed by atoms with Gasteiger partial charge in [0.15, 0.2) is 0 Å². The van der Waals surface area contributed by atoms with E-state index in [4.69, 9.17) is 16.3 Å². The molecule has 0 bridgehead atoms. The molecule has 1 amide bonds. The average Bonchev–Trinajstić information content (AvgIpc) is 2.31. The molecular weight excluding hydrogens is 270 g/mol. The molecular formula is C11H16ClN5O2. The molecule has 8 heteroatoms. The molecule has 0 N–H and O–H groups in total. The van der Waals surface area contributed by atoms with E-state index in [1.54, 1.807) is 16.8 Å². The van der Waals surface area contributed by atoms with Crippen LogP contribution in [0, 0.1) is 0 Å². The molecule has 1 aliphatic rings. The molecule has 2 heterocycles. The molecule has 19 heavy (non-hydrogen) atoms. The standard InChI is InChI=1S/C11H16ClN5O2/c1-7(2)19-11-14-9(12)13-10(15-11)17-5-4-16(3)8(18)6-17/h7H,4-6H2,1-3H3. The predicted octanol–water partition coefficient (Wildman–Crippen LogP) is 0.591. The van der Waals surface area contributed by atoms with Crippen LogP contribution in [-0.2, 0) is 4.79 Å². The maximum Gasteiger partial charge on any atom is 0.322 e. The number of anilines is 1. The van der Waals surface area contributed by atoms with Crippen LogP contribution in [0.5, 0.6) is 6.01 Å². The number of rotatable bonds is 3. The van der Waals surface area contributed by atoms with E-state index in [-0.39, 0.29) is 29.8 Å². The number of piperazine rings is 1. The number of likely N-dealkylation sites (N-methyl/N-ethyl adjacent to an activating group) is 1. The van der Waals surface area contributed by atoms with Gasteiger partial charge in [-0.25, -0.2) is 0 Å². The van der Waals surface area contributed by atoms with Crippen molar-refractivity contribution in [2.75, 3.05) is 31.6 Å². The van der Waals surface area contributed by atoms with Crippen molar-refractivity contribution in [3.8, 4) is 6.01 Å². The zero-order valence-electron chi connectivity index (χ0n) is 11.1. The largest absolute Gasteiger partial charge is 0.461 e. The van der Waals surface area contributed by atoms with Crippen molar-refractivity contribution in [2.24, 2.45) is 0 Å². The van der Waals surface area contributed by atoms with Crippen LogP contribution < -0.4 is 9.64 Å². The highest BCUT2D eigenvalue weighted by atomic mass is 35.5. The third kappa shape index (κ3) is 3.44. The molecule has 1 fully saturated rings. The number of hydrogen-bond acceptors (Lipinski definition) is 6. The Bertz CT molecular complexity index is 482. The number of aromatic nitrogens is 3. The summed E-state index contributed by atoms with van der Waals surface area (Å²) in [5.74, 6) is 0.395. The number of halogens is 1. The lowest BCUT2D eigenvalue weighted by Gasteiger charge is -2.31. The Morgan fingerprint density at radius 3 is 2.63 bits per heavy atom. The molecule has 0 aromatic carbocycles. The van der Waals surface area contributed by atoms with Crippen LogP contribution in [0.4, 0.5) is 5.95 Å². The number of ether oxygens (including phenoxy) is 1. The average molecular weight is 286 g/mol. The summed E-state index contributed by atoms with van der Waals surface area (Å²) in [6.45, 7) is 5.26. The lowest BCUT2D eigenvalue weighted by molar-refractivity contribution is -0.129. The minimum absolute atomic E-state index is 0.0223. The topological polar surface area (TPSA) is 71.5 Å². The number of hydrogen-bond donors (Lipinski definition) is 0. The maximum atomic E-state index is 11.7. The van der Waals surface area contributed by atoms with Gasteiger partial charge in [-0.05, 0) is 25.4 Å². The SMILES string of the molecule is CC(C)Oc1nc(Cl)nc(N2CCN(C)C(=O)C2)n1. The summed E-state index contributed by atoms with van der Waals surface area (Å²) >= 11 is 5.85. The molecule has 0 saturated carbocycles. The molecule has 2 rings (SSSR count). The highest BCUT2D eigenvalue weighted by Gasteiger charge is 2.24. The predicted molar refractivity (Wildman–Crippen MR) is 70.5 cm³/mol. The third-order valence-electron chi connectivity index (χ3n) is 2.66. The Balaban J connectivity index is 2.20. The van der Waals surface area contributed by atoms with Gasteiger partial charge in [0.25, 0.3) is 0 Å². The van der Waals surface area contributed by atoms with Crippen molar-refractivity contribution in [2.45, 2.75) is 20.0 Å². The van der Waals surface area contributed by atoms with E-state index < -0.39 is 0 Å². The lowest BCUT2D eigenvalue weighted by atomic mass is 10.3. The molecule has 0 spiro atoms. The van der Waals surface area contributed by atoms with E-state index in [9.17, 15) is 4.79 Å². The second-order valence-electron chi connectivity index (χ2n) is 4.59. The monoisotopic (exact) mass is 285 g/mol. The van der Waals surface area contributed by atoms with Crippen LogP contribution >= 0.6 is 11.6 Å². The Morgan fingerprint density at radius 2 is 2.00 bits per heavy atom. The molecule has 0 aliphatic carbocycles. The van der Waals surface area contributed by atoms with Gasteiger partial charge in [-0.2, -0.15) is 15.0 Å². The van der Waals surface area contributed by atoms with E-state index >= 15 is 0 Å². The zero-order chi connectivity index (χ0) is 14.0. The highest BCUT2D eigenvalue weighted by Crippen LogP contribution is 2.17. The van der Waals surface area contributed by atoms with Crippen molar-refractivity contribution in [1.82, 2.24) is 19.9 Å². The fourth-order valence-corrected chi connectivity index (χ4v) is 1.80. The second kappa shape index (κ2) is 5.56. The first-order valence-corrected chi connectivity index (χ1v) is 6.40. The Labute approximate surface area is 116 Å². The van der Waals surface area contributed by atoms with Crippen LogP contribution in [0.25, 0.3) is 0 Å². The van der Waals surface area contributed by atoms with Gasteiger partial charge >= 0.3 is 6.01 Å². The Hall–Kier alpha value is -1.63. The van der Waals surface area contributed by atoms with Crippen LogP contribution in [0.1, 0.15) is 13.8 Å². The van der Waals surface area contributed by atoms with Gasteiger partial charge in [0.05, 0.1) is 12.6 Å². The number of carbonyl (C=O) groups is 1. The summed E-state index contributed by atoms with van der Waals surface area (Å²) in [7, 11) is 1.77. The Kier molecular flexibility index (Phi) is 4.04. The molecule has 1 saturated heterocycles. The van der Waals surface area contributed by atoms with Crippen molar-refractivity contribution < 1.29 is 9.53 Å². The molecule has 1 aliphatic heterocycles. The molecule has 0 atom stereocenters. The molecule has 0 radical (unpaired) electrons. The fourth-order valence-electron chi connectivity index (χ4n) is 1.66. The van der Waals surface area contributed by atoms with Crippen LogP contribution in [0.15, 0.2) is 0 Å². The van der Waals surface area contributed by atoms with Gasteiger partial charge in [-0.15, -0.1) is 0 Å². The minimum Gasteiger partial charge on any atom is -0.461 e. The number of amides is 1. The molecule has 1 aromatic heterocycles. The first kappa shape index (κ1) is 13.8. The van der Waals surface area contributed by atoms with E-state index in [2.05, 4.69) is 15.0 Å². The van der Waals surface area contributed by atoms with E-state index in [0.717, 1.165) is 0 Å². The van der Waals surface area contributed by atoms with E-state index in [1.807, 2.05) is 13.8 Å². The summed E-state index contributed by atoms with van der Waals surface area (Å²) in [4.78, 5) is 27.2. The summed E-state index contributed by atoms with van der Waals surface area (Å²) in [5.41, 5.74) is 0. The van der Waals surface area contributed by atoms with Crippen molar-refractivity contribution >= 4 is 23.5 Å². The molecule has 7 nitrogen and oxygen atoms in total. The lowest BCUT2D eigenvalue weighted by Crippen LogP contribution is -2.49. The smallest absolute Gasteiger partial charge is 0.322 e. The van der Waals surface area contributed by atoms with Crippen molar-refractivity contribution in [3.63, 3.8) is 0 Å². The van der Waals surface area contributed by atoms with Gasteiger partial charge in [0.1, 0.15) is 0 Å². The van der Waals surface area contributed by atoms with E-state index in [1.165, 1.54) is 0 Å².